The van der Waals surface area contributed by atoms with Gasteiger partial charge in [-0.3, -0.25) is 10.1 Å². The lowest BCUT2D eigenvalue weighted by Gasteiger charge is -2.21. The minimum atomic E-state index is -0.545. The van der Waals surface area contributed by atoms with Crippen LogP contribution in [0.5, 0.6) is 5.75 Å². The van der Waals surface area contributed by atoms with Crippen LogP contribution in [0, 0.1) is 5.82 Å². The molecule has 0 bridgehead atoms. The van der Waals surface area contributed by atoms with Gasteiger partial charge < -0.3 is 10.1 Å². The number of methoxy groups -OCH3 is 1. The van der Waals surface area contributed by atoms with E-state index in [4.69, 9.17) is 27.9 Å². The zero-order valence-electron chi connectivity index (χ0n) is 14.8. The van der Waals surface area contributed by atoms with E-state index in [9.17, 15) is 9.18 Å². The summed E-state index contributed by atoms with van der Waals surface area (Å²) < 4.78 is 18.8. The monoisotopic (exact) mass is 398 g/mol. The first-order chi connectivity index (χ1) is 12.3. The molecule has 0 fully saturated rings. The van der Waals surface area contributed by atoms with Crippen molar-refractivity contribution in [3.05, 3.63) is 63.4 Å². The molecule has 2 aromatic carbocycles. The number of halogens is 3. The van der Waals surface area contributed by atoms with Crippen LogP contribution >= 0.6 is 23.2 Å². The molecule has 0 aliphatic carbocycles. The normalized spacial score (nSPS) is 13.2. The maximum atomic E-state index is 13.7. The molecule has 0 aliphatic rings. The number of hydrogen-bond acceptors (Lipinski definition) is 3. The lowest BCUT2D eigenvalue weighted by molar-refractivity contribution is -0.123. The van der Waals surface area contributed by atoms with Crippen molar-refractivity contribution in [3.8, 4) is 5.75 Å². The van der Waals surface area contributed by atoms with Gasteiger partial charge in [-0.2, -0.15) is 0 Å². The molecule has 0 aromatic heterocycles. The fourth-order valence-electron chi connectivity index (χ4n) is 2.50. The van der Waals surface area contributed by atoms with Gasteiger partial charge in [0.2, 0.25) is 5.91 Å². The molecular weight excluding hydrogens is 378 g/mol. The van der Waals surface area contributed by atoms with Gasteiger partial charge in [0, 0.05) is 17.6 Å². The number of hydrogen-bond donors (Lipinski definition) is 2. The second-order valence-corrected chi connectivity index (χ2v) is 6.78. The van der Waals surface area contributed by atoms with E-state index >= 15 is 0 Å². The van der Waals surface area contributed by atoms with Gasteiger partial charge in [0.15, 0.2) is 0 Å². The first-order valence-electron chi connectivity index (χ1n) is 8.13. The Bertz CT molecular complexity index is 769. The van der Waals surface area contributed by atoms with Crippen molar-refractivity contribution in [2.24, 2.45) is 0 Å². The van der Waals surface area contributed by atoms with E-state index in [0.29, 0.717) is 17.1 Å². The first kappa shape index (κ1) is 20.5. The Balaban J connectivity index is 1.92. The number of carbonyl (C=O) groups is 1. The van der Waals surface area contributed by atoms with Crippen LogP contribution in [-0.4, -0.2) is 19.1 Å². The summed E-state index contributed by atoms with van der Waals surface area (Å²) in [4.78, 5) is 12.3. The summed E-state index contributed by atoms with van der Waals surface area (Å²) in [6.07, 6.45) is 0. The molecule has 2 N–H and O–H groups in total. The predicted molar refractivity (Wildman–Crippen MR) is 102 cm³/mol. The Morgan fingerprint density at radius 1 is 1.15 bits per heavy atom. The highest BCUT2D eigenvalue weighted by atomic mass is 35.5. The molecular formula is C19H21Cl2FN2O2. The predicted octanol–water partition coefficient (Wildman–Crippen LogP) is 4.50. The first-order valence-corrected chi connectivity index (χ1v) is 8.88. The minimum absolute atomic E-state index is 0.0313. The van der Waals surface area contributed by atoms with Crippen LogP contribution in [0.3, 0.4) is 0 Å². The molecule has 2 rings (SSSR count). The molecule has 2 aromatic rings. The van der Waals surface area contributed by atoms with Gasteiger partial charge in [-0.1, -0.05) is 35.3 Å². The molecule has 4 nitrogen and oxygen atoms in total. The summed E-state index contributed by atoms with van der Waals surface area (Å²) in [5, 5.41) is 6.29. The summed E-state index contributed by atoms with van der Waals surface area (Å²) in [7, 11) is 1.60. The number of carbonyl (C=O) groups excluding carboxylic acids is 1. The summed E-state index contributed by atoms with van der Waals surface area (Å²) >= 11 is 11.8. The van der Waals surface area contributed by atoms with E-state index < -0.39 is 11.9 Å². The average molecular weight is 399 g/mol. The van der Waals surface area contributed by atoms with Crippen molar-refractivity contribution in [1.29, 1.82) is 0 Å². The molecule has 140 valence electrons. The standard InChI is InChI=1S/C19H21Cl2FN2O2/c1-11(15-8-18(22)17(21)9-16(15)20)24-12(2)19(25)23-10-13-4-6-14(26-3)7-5-13/h4-9,11-12,24H,10H2,1-3H3,(H,23,25)/t11-,12-/m1/s1. The number of amides is 1. The van der Waals surface area contributed by atoms with Crippen LogP contribution in [0.2, 0.25) is 10.0 Å². The molecule has 0 heterocycles. The van der Waals surface area contributed by atoms with E-state index in [1.165, 1.54) is 12.1 Å². The smallest absolute Gasteiger partial charge is 0.237 e. The fraction of sp³-hybridized carbons (Fsp3) is 0.316. The topological polar surface area (TPSA) is 50.4 Å². The number of ether oxygens (including phenoxy) is 1. The molecule has 0 aliphatic heterocycles. The molecule has 26 heavy (non-hydrogen) atoms. The largest absolute Gasteiger partial charge is 0.497 e. The Morgan fingerprint density at radius 2 is 1.81 bits per heavy atom. The van der Waals surface area contributed by atoms with Gasteiger partial charge in [-0.05, 0) is 49.2 Å². The lowest BCUT2D eigenvalue weighted by atomic mass is 10.1. The Hall–Kier alpha value is -1.82. The van der Waals surface area contributed by atoms with Gasteiger partial charge in [0.05, 0.1) is 18.2 Å². The lowest BCUT2D eigenvalue weighted by Crippen LogP contribution is -2.42. The van der Waals surface area contributed by atoms with Crippen LogP contribution in [0.15, 0.2) is 36.4 Å². The summed E-state index contributed by atoms with van der Waals surface area (Å²) in [5.41, 5.74) is 1.51. The van der Waals surface area contributed by atoms with Crippen LogP contribution in [-0.2, 0) is 11.3 Å². The third-order valence-electron chi connectivity index (χ3n) is 4.03. The van der Waals surface area contributed by atoms with Crippen LogP contribution in [0.4, 0.5) is 4.39 Å². The molecule has 7 heteroatoms. The van der Waals surface area contributed by atoms with Crippen molar-refractivity contribution in [2.45, 2.75) is 32.5 Å². The molecule has 0 unspecified atom stereocenters. The number of nitrogens with one attached hydrogen (secondary N) is 2. The molecule has 0 radical (unpaired) electrons. The number of rotatable bonds is 7. The zero-order valence-corrected chi connectivity index (χ0v) is 16.3. The summed E-state index contributed by atoms with van der Waals surface area (Å²) in [6.45, 7) is 3.95. The van der Waals surface area contributed by atoms with E-state index in [1.807, 2.05) is 31.2 Å². The summed E-state index contributed by atoms with van der Waals surface area (Å²) in [5.74, 6) is 0.0468. The SMILES string of the molecule is COc1ccc(CNC(=O)[C@@H](C)N[C@H](C)c2cc(F)c(Cl)cc2Cl)cc1. The Kier molecular flexibility index (Phi) is 7.26. The van der Waals surface area contributed by atoms with Gasteiger partial charge in [-0.25, -0.2) is 4.39 Å². The average Bonchev–Trinajstić information content (AvgIpc) is 2.62. The molecule has 2 atom stereocenters. The molecule has 0 spiro atoms. The zero-order chi connectivity index (χ0) is 19.3. The van der Waals surface area contributed by atoms with E-state index in [1.54, 1.807) is 14.0 Å². The van der Waals surface area contributed by atoms with Gasteiger partial charge in [0.1, 0.15) is 11.6 Å². The molecule has 0 saturated carbocycles. The molecule has 1 amide bonds. The van der Waals surface area contributed by atoms with Crippen LogP contribution < -0.4 is 15.4 Å². The second-order valence-electron chi connectivity index (χ2n) is 5.96. The van der Waals surface area contributed by atoms with Gasteiger partial charge in [-0.15, -0.1) is 0 Å². The van der Waals surface area contributed by atoms with Crippen molar-refractivity contribution >= 4 is 29.1 Å². The van der Waals surface area contributed by atoms with E-state index in [-0.39, 0.29) is 17.0 Å². The van der Waals surface area contributed by atoms with E-state index in [0.717, 1.165) is 11.3 Å². The van der Waals surface area contributed by atoms with Crippen molar-refractivity contribution in [3.63, 3.8) is 0 Å². The van der Waals surface area contributed by atoms with Crippen molar-refractivity contribution in [2.75, 3.05) is 7.11 Å². The Morgan fingerprint density at radius 3 is 2.42 bits per heavy atom. The van der Waals surface area contributed by atoms with Crippen molar-refractivity contribution < 1.29 is 13.9 Å². The minimum Gasteiger partial charge on any atom is -0.497 e. The Labute approximate surface area is 162 Å². The fourth-order valence-corrected chi connectivity index (χ4v) is 3.04. The highest BCUT2D eigenvalue weighted by molar-refractivity contribution is 6.35. The van der Waals surface area contributed by atoms with E-state index in [2.05, 4.69) is 10.6 Å². The second kappa shape index (κ2) is 9.21. The van der Waals surface area contributed by atoms with Crippen LogP contribution in [0.1, 0.15) is 31.0 Å². The summed E-state index contributed by atoms with van der Waals surface area (Å²) in [6, 6.07) is 9.27. The molecule has 0 saturated heterocycles. The van der Waals surface area contributed by atoms with Gasteiger partial charge >= 0.3 is 0 Å². The third kappa shape index (κ3) is 5.34. The quantitative estimate of drug-likeness (QED) is 0.675. The van der Waals surface area contributed by atoms with Gasteiger partial charge in [0.25, 0.3) is 0 Å². The third-order valence-corrected chi connectivity index (χ3v) is 4.64. The maximum Gasteiger partial charge on any atom is 0.237 e. The number of benzene rings is 2. The highest BCUT2D eigenvalue weighted by Crippen LogP contribution is 2.28. The maximum absolute atomic E-state index is 13.7. The highest BCUT2D eigenvalue weighted by Gasteiger charge is 2.19. The van der Waals surface area contributed by atoms with Crippen molar-refractivity contribution in [1.82, 2.24) is 10.6 Å². The van der Waals surface area contributed by atoms with Crippen LogP contribution in [0.25, 0.3) is 0 Å².